The van der Waals surface area contributed by atoms with Gasteiger partial charge >= 0.3 is 0 Å². The number of para-hydroxylation sites is 1. The highest BCUT2D eigenvalue weighted by Crippen LogP contribution is 2.19. The first-order valence-corrected chi connectivity index (χ1v) is 13.5. The van der Waals surface area contributed by atoms with Crippen LogP contribution in [0, 0.1) is 6.92 Å². The van der Waals surface area contributed by atoms with Gasteiger partial charge in [-0.05, 0) is 42.3 Å². The molecule has 4 aromatic rings. The molecule has 0 radical (unpaired) electrons. The minimum absolute atomic E-state index is 0.0464. The summed E-state index contributed by atoms with van der Waals surface area (Å²) in [5.74, 6) is 0.0533. The summed E-state index contributed by atoms with van der Waals surface area (Å²) < 4.78 is 33.8. The van der Waals surface area contributed by atoms with Crippen LogP contribution in [0.2, 0.25) is 0 Å². The van der Waals surface area contributed by atoms with Crippen LogP contribution in [0.3, 0.4) is 0 Å². The number of hydrogen-bond acceptors (Lipinski definition) is 5. The lowest BCUT2D eigenvalue weighted by molar-refractivity contribution is -0.121. The Labute approximate surface area is 223 Å². The number of nitrogens with zero attached hydrogens (tertiary/aromatic N) is 2. The van der Waals surface area contributed by atoms with Crippen molar-refractivity contribution < 1.29 is 17.9 Å². The number of amides is 1. The van der Waals surface area contributed by atoms with Crippen molar-refractivity contribution in [2.45, 2.75) is 25.0 Å². The van der Waals surface area contributed by atoms with Gasteiger partial charge in [-0.25, -0.2) is 13.8 Å². The standard InChI is InChI=1S/C30H29N3O4S/c1-24-16-18-25(19-17-24)21-33(38(35,36)28-13-6-3-7-14-28)22-30(34)32-31-20-27-12-8-9-15-29(27)37-23-26-10-4-2-5-11-26/h2-20H,21-23H2,1H3,(H,32,34)/b31-20-. The normalized spacial score (nSPS) is 11.5. The third kappa shape index (κ3) is 7.38. The molecule has 4 rings (SSSR count). The zero-order valence-corrected chi connectivity index (χ0v) is 21.8. The summed E-state index contributed by atoms with van der Waals surface area (Å²) in [6, 6.07) is 32.7. The molecular weight excluding hydrogens is 498 g/mol. The van der Waals surface area contributed by atoms with Crippen molar-refractivity contribution in [3.63, 3.8) is 0 Å². The number of hydrogen-bond donors (Lipinski definition) is 1. The third-order valence-corrected chi connectivity index (χ3v) is 7.54. The van der Waals surface area contributed by atoms with E-state index in [9.17, 15) is 13.2 Å². The van der Waals surface area contributed by atoms with Crippen LogP contribution >= 0.6 is 0 Å². The van der Waals surface area contributed by atoms with Crippen molar-refractivity contribution in [2.24, 2.45) is 5.10 Å². The molecule has 38 heavy (non-hydrogen) atoms. The maximum atomic E-state index is 13.4. The molecule has 0 aromatic heterocycles. The summed E-state index contributed by atoms with van der Waals surface area (Å²) >= 11 is 0. The Morgan fingerprint density at radius 3 is 2.18 bits per heavy atom. The first-order valence-electron chi connectivity index (χ1n) is 12.1. The molecular formula is C30H29N3O4S. The average Bonchev–Trinajstić information content (AvgIpc) is 2.94. The fourth-order valence-corrected chi connectivity index (χ4v) is 5.09. The molecule has 0 aliphatic heterocycles. The molecule has 0 fully saturated rings. The second-order valence-corrected chi connectivity index (χ2v) is 10.6. The number of sulfonamides is 1. The first kappa shape index (κ1) is 26.8. The molecule has 194 valence electrons. The number of aryl methyl sites for hydroxylation is 1. The van der Waals surface area contributed by atoms with Crippen LogP contribution in [-0.2, 0) is 28.0 Å². The van der Waals surface area contributed by atoms with E-state index in [4.69, 9.17) is 4.74 Å². The van der Waals surface area contributed by atoms with Gasteiger partial charge < -0.3 is 4.74 Å². The molecule has 0 bridgehead atoms. The van der Waals surface area contributed by atoms with Crippen molar-refractivity contribution in [1.29, 1.82) is 0 Å². The summed E-state index contributed by atoms with van der Waals surface area (Å²) in [4.78, 5) is 12.9. The fourth-order valence-electron chi connectivity index (χ4n) is 3.69. The molecule has 0 saturated carbocycles. The van der Waals surface area contributed by atoms with E-state index in [0.717, 1.165) is 21.0 Å². The topological polar surface area (TPSA) is 88.1 Å². The van der Waals surface area contributed by atoms with E-state index in [1.54, 1.807) is 18.2 Å². The van der Waals surface area contributed by atoms with E-state index in [1.807, 2.05) is 85.8 Å². The average molecular weight is 528 g/mol. The zero-order valence-electron chi connectivity index (χ0n) is 21.0. The van der Waals surface area contributed by atoms with Crippen molar-refractivity contribution in [3.05, 3.63) is 131 Å². The molecule has 1 N–H and O–H groups in total. The van der Waals surface area contributed by atoms with Gasteiger partial charge in [0.15, 0.2) is 0 Å². The van der Waals surface area contributed by atoms with E-state index < -0.39 is 22.5 Å². The second-order valence-electron chi connectivity index (χ2n) is 8.68. The van der Waals surface area contributed by atoms with Crippen LogP contribution in [0.15, 0.2) is 119 Å². The first-order chi connectivity index (χ1) is 18.4. The van der Waals surface area contributed by atoms with Gasteiger partial charge in [-0.2, -0.15) is 9.41 Å². The number of carbonyl (C=O) groups is 1. The van der Waals surface area contributed by atoms with Crippen molar-refractivity contribution >= 4 is 22.1 Å². The van der Waals surface area contributed by atoms with Gasteiger partial charge in [0.25, 0.3) is 5.91 Å². The van der Waals surface area contributed by atoms with Crippen molar-refractivity contribution in [3.8, 4) is 5.75 Å². The number of nitrogens with one attached hydrogen (secondary N) is 1. The summed E-state index contributed by atoms with van der Waals surface area (Å²) in [5, 5.41) is 4.06. The van der Waals surface area contributed by atoms with Gasteiger partial charge in [-0.3, -0.25) is 4.79 Å². The highest BCUT2D eigenvalue weighted by atomic mass is 32.2. The molecule has 0 aliphatic rings. The Hall–Kier alpha value is -4.27. The van der Waals surface area contributed by atoms with Gasteiger partial charge in [0.1, 0.15) is 12.4 Å². The lowest BCUT2D eigenvalue weighted by Crippen LogP contribution is -2.39. The van der Waals surface area contributed by atoms with Gasteiger partial charge in [0.05, 0.1) is 17.7 Å². The number of hydrazone groups is 1. The number of rotatable bonds is 11. The van der Waals surface area contributed by atoms with Crippen LogP contribution in [0.5, 0.6) is 5.75 Å². The monoisotopic (exact) mass is 527 g/mol. The predicted octanol–water partition coefficient (Wildman–Crippen LogP) is 4.92. The second kappa shape index (κ2) is 12.8. The quantitative estimate of drug-likeness (QED) is 0.222. The summed E-state index contributed by atoms with van der Waals surface area (Å²) in [7, 11) is -3.92. The number of carbonyl (C=O) groups excluding carboxylic acids is 1. The Bertz CT molecular complexity index is 1470. The lowest BCUT2D eigenvalue weighted by atomic mass is 10.1. The molecule has 4 aromatic carbocycles. The van der Waals surface area contributed by atoms with E-state index in [0.29, 0.717) is 17.9 Å². The Balaban J connectivity index is 1.45. The van der Waals surface area contributed by atoms with E-state index in [-0.39, 0.29) is 11.4 Å². The Morgan fingerprint density at radius 2 is 1.47 bits per heavy atom. The summed E-state index contributed by atoms with van der Waals surface area (Å²) in [6.07, 6.45) is 1.48. The van der Waals surface area contributed by atoms with Gasteiger partial charge in [0.2, 0.25) is 10.0 Å². The lowest BCUT2D eigenvalue weighted by Gasteiger charge is -2.21. The molecule has 0 spiro atoms. The predicted molar refractivity (Wildman–Crippen MR) is 148 cm³/mol. The molecule has 0 heterocycles. The molecule has 0 aliphatic carbocycles. The maximum Gasteiger partial charge on any atom is 0.255 e. The van der Waals surface area contributed by atoms with E-state index in [1.165, 1.54) is 18.3 Å². The fraction of sp³-hybridized carbons (Fsp3) is 0.133. The maximum absolute atomic E-state index is 13.4. The third-order valence-electron chi connectivity index (χ3n) is 5.73. The van der Waals surface area contributed by atoms with Crippen molar-refractivity contribution in [2.75, 3.05) is 6.54 Å². The summed E-state index contributed by atoms with van der Waals surface area (Å²) in [6.45, 7) is 2.00. The van der Waals surface area contributed by atoms with E-state index in [2.05, 4.69) is 10.5 Å². The highest BCUT2D eigenvalue weighted by Gasteiger charge is 2.26. The van der Waals surface area contributed by atoms with Crippen LogP contribution in [0.4, 0.5) is 0 Å². The SMILES string of the molecule is Cc1ccc(CN(CC(=O)N/N=C\c2ccccc2OCc2ccccc2)S(=O)(=O)c2ccccc2)cc1. The zero-order chi connectivity index (χ0) is 26.8. The molecule has 0 atom stereocenters. The highest BCUT2D eigenvalue weighted by molar-refractivity contribution is 7.89. The number of ether oxygens (including phenoxy) is 1. The molecule has 7 nitrogen and oxygen atoms in total. The summed E-state index contributed by atoms with van der Waals surface area (Å²) in [5.41, 5.74) is 5.99. The van der Waals surface area contributed by atoms with Crippen LogP contribution in [0.1, 0.15) is 22.3 Å². The van der Waals surface area contributed by atoms with Crippen LogP contribution < -0.4 is 10.2 Å². The minimum atomic E-state index is -3.92. The molecule has 8 heteroatoms. The molecule has 0 saturated heterocycles. The Morgan fingerprint density at radius 1 is 0.842 bits per heavy atom. The van der Waals surface area contributed by atoms with Crippen molar-refractivity contribution in [1.82, 2.24) is 9.73 Å². The largest absolute Gasteiger partial charge is 0.488 e. The Kier molecular flexibility index (Phi) is 9.02. The van der Waals surface area contributed by atoms with Crippen LogP contribution in [-0.4, -0.2) is 31.4 Å². The van der Waals surface area contributed by atoms with E-state index >= 15 is 0 Å². The minimum Gasteiger partial charge on any atom is -0.488 e. The van der Waals surface area contributed by atoms with Gasteiger partial charge in [-0.15, -0.1) is 0 Å². The number of benzene rings is 4. The molecule has 0 unspecified atom stereocenters. The van der Waals surface area contributed by atoms with Gasteiger partial charge in [0, 0.05) is 12.1 Å². The van der Waals surface area contributed by atoms with Gasteiger partial charge in [-0.1, -0.05) is 90.5 Å². The smallest absolute Gasteiger partial charge is 0.255 e. The molecule has 1 amide bonds. The van der Waals surface area contributed by atoms with Crippen LogP contribution in [0.25, 0.3) is 0 Å².